The van der Waals surface area contributed by atoms with Gasteiger partial charge in [0, 0.05) is 0 Å². The van der Waals surface area contributed by atoms with Crippen LogP contribution < -0.4 is 4.74 Å². The maximum atomic E-state index is 11.7. The summed E-state index contributed by atoms with van der Waals surface area (Å²) in [4.78, 5) is 11.4. The zero-order chi connectivity index (χ0) is 10.3. The molecule has 0 N–H and O–H groups in total. The molecule has 0 unspecified atom stereocenters. The number of fused-ring (bicyclic) bond motifs is 1. The number of benzene rings is 1. The molecule has 0 fully saturated rings. The predicted octanol–water partition coefficient (Wildman–Crippen LogP) is 3.33. The van der Waals surface area contributed by atoms with Gasteiger partial charge in [-0.2, -0.15) is 0 Å². The Kier molecular flexibility index (Phi) is 2.73. The van der Waals surface area contributed by atoms with Crippen molar-refractivity contribution in [1.82, 2.24) is 0 Å². The fourth-order valence-electron chi connectivity index (χ4n) is 1.27. The van der Waals surface area contributed by atoms with Crippen molar-refractivity contribution in [3.05, 3.63) is 27.7 Å². The highest BCUT2D eigenvalue weighted by Crippen LogP contribution is 2.38. The molecule has 1 heterocycles. The van der Waals surface area contributed by atoms with Gasteiger partial charge >= 0.3 is 0 Å². The third-order valence-corrected chi connectivity index (χ3v) is 3.44. The Morgan fingerprint density at radius 3 is 2.86 bits per heavy atom. The van der Waals surface area contributed by atoms with E-state index in [9.17, 15) is 4.79 Å². The first kappa shape index (κ1) is 10.3. The van der Waals surface area contributed by atoms with E-state index < -0.39 is 0 Å². The second-order valence-electron chi connectivity index (χ2n) is 2.88. The van der Waals surface area contributed by atoms with Crippen LogP contribution in [-0.4, -0.2) is 17.2 Å². The average Bonchev–Trinajstić information content (AvgIpc) is 2.17. The van der Waals surface area contributed by atoms with Crippen LogP contribution in [0.5, 0.6) is 5.75 Å². The van der Waals surface area contributed by atoms with Crippen molar-refractivity contribution in [3.8, 4) is 5.75 Å². The monoisotopic (exact) mass is 294 g/mol. The minimum absolute atomic E-state index is 0.0233. The lowest BCUT2D eigenvalue weighted by atomic mass is 10.1. The second kappa shape index (κ2) is 3.72. The predicted molar refractivity (Wildman–Crippen MR) is 59.0 cm³/mol. The van der Waals surface area contributed by atoms with Crippen LogP contribution in [-0.2, 0) is 0 Å². The van der Waals surface area contributed by atoms with Crippen molar-refractivity contribution in [2.45, 2.75) is 4.83 Å². The van der Waals surface area contributed by atoms with Gasteiger partial charge in [0.1, 0.15) is 22.2 Å². The second-order valence-corrected chi connectivity index (χ2v) is 4.77. The van der Waals surface area contributed by atoms with Crippen LogP contribution >= 0.6 is 39.1 Å². The van der Waals surface area contributed by atoms with Gasteiger partial charge in [0.2, 0.25) is 0 Å². The van der Waals surface area contributed by atoms with Crippen molar-refractivity contribution in [2.24, 2.45) is 0 Å². The molecule has 74 valence electrons. The standard InChI is InChI=1S/C9H5BrCl2O2/c10-5-3-14-9-4(8(5)13)1-2-6(11)7(9)12/h1-2,5H,3H2/t5-/m0/s1. The van der Waals surface area contributed by atoms with Gasteiger partial charge in [-0.1, -0.05) is 39.1 Å². The van der Waals surface area contributed by atoms with Crippen molar-refractivity contribution in [2.75, 3.05) is 6.61 Å². The Morgan fingerprint density at radius 2 is 2.14 bits per heavy atom. The van der Waals surface area contributed by atoms with Gasteiger partial charge in [-0.3, -0.25) is 4.79 Å². The maximum absolute atomic E-state index is 11.7. The quantitative estimate of drug-likeness (QED) is 0.686. The number of rotatable bonds is 0. The summed E-state index contributed by atoms with van der Waals surface area (Å²) in [5.74, 6) is 0.365. The zero-order valence-corrected chi connectivity index (χ0v) is 9.99. The molecule has 14 heavy (non-hydrogen) atoms. The SMILES string of the molecule is O=C1c2ccc(Cl)c(Cl)c2OC[C@@H]1Br. The van der Waals surface area contributed by atoms with Crippen molar-refractivity contribution in [3.63, 3.8) is 0 Å². The van der Waals surface area contributed by atoms with E-state index in [0.717, 1.165) is 0 Å². The first-order chi connectivity index (χ1) is 6.61. The molecular weight excluding hydrogens is 291 g/mol. The highest BCUT2D eigenvalue weighted by molar-refractivity contribution is 9.10. The molecule has 0 amide bonds. The van der Waals surface area contributed by atoms with Gasteiger partial charge in [0.05, 0.1) is 10.6 Å². The number of carbonyl (C=O) groups is 1. The van der Waals surface area contributed by atoms with E-state index in [1.807, 2.05) is 0 Å². The van der Waals surface area contributed by atoms with E-state index in [-0.39, 0.29) is 17.2 Å². The van der Waals surface area contributed by atoms with E-state index in [2.05, 4.69) is 15.9 Å². The Hall–Kier alpha value is -0.250. The highest BCUT2D eigenvalue weighted by Gasteiger charge is 2.28. The van der Waals surface area contributed by atoms with Gasteiger partial charge in [-0.25, -0.2) is 0 Å². The van der Waals surface area contributed by atoms with Gasteiger partial charge in [0.25, 0.3) is 0 Å². The van der Waals surface area contributed by atoms with E-state index in [0.29, 0.717) is 21.4 Å². The lowest BCUT2D eigenvalue weighted by molar-refractivity contribution is 0.0946. The highest BCUT2D eigenvalue weighted by atomic mass is 79.9. The van der Waals surface area contributed by atoms with Crippen LogP contribution in [0.3, 0.4) is 0 Å². The van der Waals surface area contributed by atoms with Crippen LogP contribution in [0.15, 0.2) is 12.1 Å². The molecule has 1 atom stereocenters. The lowest BCUT2D eigenvalue weighted by Crippen LogP contribution is -2.28. The first-order valence-electron chi connectivity index (χ1n) is 3.90. The Balaban J connectivity index is 2.59. The number of carbonyl (C=O) groups excluding carboxylic acids is 1. The van der Waals surface area contributed by atoms with Crippen LogP contribution in [0, 0.1) is 0 Å². The molecule has 0 spiro atoms. The third kappa shape index (κ3) is 1.53. The summed E-state index contributed by atoms with van der Waals surface area (Å²) >= 11 is 14.9. The minimum atomic E-state index is -0.299. The summed E-state index contributed by atoms with van der Waals surface area (Å²) in [6.07, 6.45) is 0. The Labute approximate surface area is 99.3 Å². The van der Waals surface area contributed by atoms with Crippen LogP contribution in [0.25, 0.3) is 0 Å². The molecule has 2 rings (SSSR count). The summed E-state index contributed by atoms with van der Waals surface area (Å²) in [6, 6.07) is 3.22. The molecule has 1 aromatic rings. The summed E-state index contributed by atoms with van der Waals surface area (Å²) in [7, 11) is 0. The molecule has 0 saturated heterocycles. The molecule has 1 aliphatic heterocycles. The summed E-state index contributed by atoms with van der Waals surface area (Å²) in [5.41, 5.74) is 0.479. The average molecular weight is 296 g/mol. The number of ether oxygens (including phenoxy) is 1. The first-order valence-corrected chi connectivity index (χ1v) is 5.57. The van der Waals surface area contributed by atoms with Gasteiger partial charge in [-0.15, -0.1) is 0 Å². The number of Topliss-reactive ketones (excluding diaryl/α,β-unsaturated/α-hetero) is 1. The molecule has 5 heteroatoms. The summed E-state index contributed by atoms with van der Waals surface area (Å²) in [5, 5.41) is 0.697. The summed E-state index contributed by atoms with van der Waals surface area (Å²) < 4.78 is 5.33. The zero-order valence-electron chi connectivity index (χ0n) is 6.89. The molecule has 0 saturated carbocycles. The smallest absolute Gasteiger partial charge is 0.183 e. The van der Waals surface area contributed by atoms with Crippen LogP contribution in [0.1, 0.15) is 10.4 Å². The number of halogens is 3. The molecule has 0 aliphatic carbocycles. The molecule has 1 aromatic carbocycles. The molecular formula is C9H5BrCl2O2. The number of hydrogen-bond donors (Lipinski definition) is 0. The van der Waals surface area contributed by atoms with E-state index in [1.165, 1.54) is 0 Å². The molecule has 0 bridgehead atoms. The van der Waals surface area contributed by atoms with Gasteiger partial charge in [-0.05, 0) is 12.1 Å². The van der Waals surface area contributed by atoms with E-state index >= 15 is 0 Å². The molecule has 0 aromatic heterocycles. The Morgan fingerprint density at radius 1 is 1.43 bits per heavy atom. The number of ketones is 1. The lowest BCUT2D eigenvalue weighted by Gasteiger charge is -2.21. The molecule has 1 aliphatic rings. The van der Waals surface area contributed by atoms with Gasteiger partial charge < -0.3 is 4.74 Å². The topological polar surface area (TPSA) is 26.3 Å². The van der Waals surface area contributed by atoms with Crippen molar-refractivity contribution in [1.29, 1.82) is 0 Å². The van der Waals surface area contributed by atoms with Crippen LogP contribution in [0.4, 0.5) is 0 Å². The summed E-state index contributed by atoms with van der Waals surface area (Å²) in [6.45, 7) is 0.284. The number of hydrogen-bond acceptors (Lipinski definition) is 2. The maximum Gasteiger partial charge on any atom is 0.183 e. The largest absolute Gasteiger partial charge is 0.490 e. The minimum Gasteiger partial charge on any atom is -0.490 e. The van der Waals surface area contributed by atoms with Crippen molar-refractivity contribution >= 4 is 44.9 Å². The number of alkyl halides is 1. The van der Waals surface area contributed by atoms with Gasteiger partial charge in [0.15, 0.2) is 5.78 Å². The third-order valence-electron chi connectivity index (χ3n) is 1.97. The fraction of sp³-hybridized carbons (Fsp3) is 0.222. The van der Waals surface area contributed by atoms with E-state index in [4.69, 9.17) is 27.9 Å². The van der Waals surface area contributed by atoms with Crippen LogP contribution in [0.2, 0.25) is 10.0 Å². The normalized spacial score (nSPS) is 20.2. The van der Waals surface area contributed by atoms with Crippen molar-refractivity contribution < 1.29 is 9.53 Å². The van der Waals surface area contributed by atoms with E-state index in [1.54, 1.807) is 12.1 Å². The fourth-order valence-corrected chi connectivity index (χ4v) is 2.02. The molecule has 0 radical (unpaired) electrons. The Bertz CT molecular complexity index is 406. The molecule has 2 nitrogen and oxygen atoms in total.